The number of thiophene rings is 1. The van der Waals surface area contributed by atoms with E-state index in [1.807, 2.05) is 44.2 Å². The predicted molar refractivity (Wildman–Crippen MR) is 62.1 cm³/mol. The van der Waals surface area contributed by atoms with Gasteiger partial charge in [0.15, 0.2) is 0 Å². The normalized spacial score (nSPS) is 12.7. The van der Waals surface area contributed by atoms with E-state index in [2.05, 4.69) is 4.98 Å². The summed E-state index contributed by atoms with van der Waals surface area (Å²) in [4.78, 5) is 6.47. The van der Waals surface area contributed by atoms with Crippen molar-refractivity contribution in [3.63, 3.8) is 0 Å². The Bertz CT molecular complexity index is 464. The minimum atomic E-state index is -0.594. The third-order valence-corrected chi connectivity index (χ3v) is 3.27. The van der Waals surface area contributed by atoms with Crippen molar-refractivity contribution < 1.29 is 5.11 Å². The number of aliphatic hydroxyl groups excluding tert-OH is 1. The molecule has 1 N–H and O–H groups in total. The number of rotatable bonds is 2. The fourth-order valence-corrected chi connectivity index (χ4v) is 2.34. The van der Waals surface area contributed by atoms with Gasteiger partial charge in [-0.05, 0) is 38.1 Å². The molecule has 0 aliphatic rings. The summed E-state index contributed by atoms with van der Waals surface area (Å²) in [7, 11) is 0. The molecule has 0 aliphatic heterocycles. The topological polar surface area (TPSA) is 33.1 Å². The SMILES string of the molecule is Cc1cccc(C(O)c2ccc(C)s2)n1. The number of pyridine rings is 1. The molecule has 0 bridgehead atoms. The van der Waals surface area contributed by atoms with Gasteiger partial charge in [0.1, 0.15) is 6.10 Å². The monoisotopic (exact) mass is 219 g/mol. The molecule has 1 unspecified atom stereocenters. The Morgan fingerprint density at radius 3 is 2.60 bits per heavy atom. The minimum Gasteiger partial charge on any atom is -0.381 e. The van der Waals surface area contributed by atoms with Crippen LogP contribution in [0.2, 0.25) is 0 Å². The second-order valence-electron chi connectivity index (χ2n) is 3.55. The average molecular weight is 219 g/mol. The van der Waals surface area contributed by atoms with Gasteiger partial charge in [-0.15, -0.1) is 11.3 Å². The number of aliphatic hydroxyl groups is 1. The number of hydrogen-bond donors (Lipinski definition) is 1. The summed E-state index contributed by atoms with van der Waals surface area (Å²) >= 11 is 1.61. The maximum Gasteiger partial charge on any atom is 0.130 e. The molecule has 1 atom stereocenters. The summed E-state index contributed by atoms with van der Waals surface area (Å²) in [5.41, 5.74) is 1.65. The summed E-state index contributed by atoms with van der Waals surface area (Å²) < 4.78 is 0. The molecule has 3 heteroatoms. The highest BCUT2D eigenvalue weighted by Crippen LogP contribution is 2.26. The first-order valence-corrected chi connectivity index (χ1v) is 5.66. The van der Waals surface area contributed by atoms with Gasteiger partial charge >= 0.3 is 0 Å². The van der Waals surface area contributed by atoms with Gasteiger partial charge in [0.2, 0.25) is 0 Å². The minimum absolute atomic E-state index is 0.594. The number of aryl methyl sites for hydroxylation is 2. The molecule has 0 aromatic carbocycles. The van der Waals surface area contributed by atoms with E-state index in [4.69, 9.17) is 0 Å². The average Bonchev–Trinajstić information content (AvgIpc) is 2.64. The van der Waals surface area contributed by atoms with Crippen molar-refractivity contribution in [2.45, 2.75) is 20.0 Å². The van der Waals surface area contributed by atoms with Crippen LogP contribution in [0.3, 0.4) is 0 Å². The molecule has 2 rings (SSSR count). The molecule has 2 heterocycles. The van der Waals surface area contributed by atoms with Crippen molar-refractivity contribution >= 4 is 11.3 Å². The second kappa shape index (κ2) is 4.13. The van der Waals surface area contributed by atoms with Crippen LogP contribution in [0.4, 0.5) is 0 Å². The van der Waals surface area contributed by atoms with Crippen molar-refractivity contribution in [2.75, 3.05) is 0 Å². The van der Waals surface area contributed by atoms with Crippen LogP contribution in [0.25, 0.3) is 0 Å². The second-order valence-corrected chi connectivity index (χ2v) is 4.87. The van der Waals surface area contributed by atoms with Gasteiger partial charge in [0, 0.05) is 15.4 Å². The molecule has 0 spiro atoms. The number of nitrogens with zero attached hydrogens (tertiary/aromatic N) is 1. The van der Waals surface area contributed by atoms with Crippen molar-refractivity contribution in [3.8, 4) is 0 Å². The van der Waals surface area contributed by atoms with Gasteiger partial charge in [-0.3, -0.25) is 4.98 Å². The lowest BCUT2D eigenvalue weighted by molar-refractivity contribution is 0.219. The van der Waals surface area contributed by atoms with Gasteiger partial charge in [-0.25, -0.2) is 0 Å². The van der Waals surface area contributed by atoms with Crippen LogP contribution in [0.1, 0.15) is 27.2 Å². The van der Waals surface area contributed by atoms with Crippen molar-refractivity contribution in [2.24, 2.45) is 0 Å². The maximum absolute atomic E-state index is 10.1. The molecule has 15 heavy (non-hydrogen) atoms. The van der Waals surface area contributed by atoms with Crippen LogP contribution < -0.4 is 0 Å². The smallest absolute Gasteiger partial charge is 0.130 e. The predicted octanol–water partition coefficient (Wildman–Crippen LogP) is 2.84. The highest BCUT2D eigenvalue weighted by atomic mass is 32.1. The van der Waals surface area contributed by atoms with Gasteiger partial charge < -0.3 is 5.11 Å². The molecule has 0 amide bonds. The van der Waals surface area contributed by atoms with E-state index in [1.54, 1.807) is 11.3 Å². The van der Waals surface area contributed by atoms with E-state index in [0.717, 1.165) is 16.3 Å². The number of hydrogen-bond acceptors (Lipinski definition) is 3. The molecule has 0 aliphatic carbocycles. The molecule has 2 aromatic rings. The molecular weight excluding hydrogens is 206 g/mol. The van der Waals surface area contributed by atoms with E-state index in [9.17, 15) is 5.11 Å². The third kappa shape index (κ3) is 2.25. The zero-order valence-corrected chi connectivity index (χ0v) is 9.58. The lowest BCUT2D eigenvalue weighted by Crippen LogP contribution is -2.00. The standard InChI is InChI=1S/C12H13NOS/c1-8-4-3-5-10(13-8)12(14)11-7-6-9(2)15-11/h3-7,12,14H,1-2H3. The highest BCUT2D eigenvalue weighted by Gasteiger charge is 2.13. The Kier molecular flexibility index (Phi) is 2.84. The fraction of sp³-hybridized carbons (Fsp3) is 0.250. The third-order valence-electron chi connectivity index (χ3n) is 2.22. The summed E-state index contributed by atoms with van der Waals surface area (Å²) in [6.45, 7) is 3.96. The number of aromatic nitrogens is 1. The zero-order valence-electron chi connectivity index (χ0n) is 8.77. The van der Waals surface area contributed by atoms with E-state index < -0.39 is 6.10 Å². The van der Waals surface area contributed by atoms with E-state index in [0.29, 0.717) is 0 Å². The molecule has 0 saturated heterocycles. The molecule has 2 aromatic heterocycles. The van der Waals surface area contributed by atoms with Crippen LogP contribution in [0.5, 0.6) is 0 Å². The van der Waals surface area contributed by atoms with Crippen molar-refractivity contribution in [3.05, 3.63) is 51.5 Å². The Morgan fingerprint density at radius 1 is 1.20 bits per heavy atom. The Labute approximate surface area is 93.2 Å². The summed E-state index contributed by atoms with van der Waals surface area (Å²) in [6, 6.07) is 9.66. The van der Waals surface area contributed by atoms with Crippen LogP contribution in [-0.2, 0) is 0 Å². The van der Waals surface area contributed by atoms with E-state index >= 15 is 0 Å². The van der Waals surface area contributed by atoms with Crippen LogP contribution in [0.15, 0.2) is 30.3 Å². The highest BCUT2D eigenvalue weighted by molar-refractivity contribution is 7.12. The first-order valence-electron chi connectivity index (χ1n) is 4.85. The van der Waals surface area contributed by atoms with Gasteiger partial charge in [-0.2, -0.15) is 0 Å². The molecule has 0 radical (unpaired) electrons. The zero-order chi connectivity index (χ0) is 10.8. The van der Waals surface area contributed by atoms with Gasteiger partial charge in [0.25, 0.3) is 0 Å². The van der Waals surface area contributed by atoms with Crippen LogP contribution >= 0.6 is 11.3 Å². The van der Waals surface area contributed by atoms with Gasteiger partial charge in [-0.1, -0.05) is 6.07 Å². The molecule has 0 fully saturated rings. The van der Waals surface area contributed by atoms with Crippen LogP contribution in [0, 0.1) is 13.8 Å². The lowest BCUT2D eigenvalue weighted by Gasteiger charge is -2.08. The van der Waals surface area contributed by atoms with Crippen molar-refractivity contribution in [1.82, 2.24) is 4.98 Å². The van der Waals surface area contributed by atoms with Crippen molar-refractivity contribution in [1.29, 1.82) is 0 Å². The van der Waals surface area contributed by atoms with E-state index in [1.165, 1.54) is 4.88 Å². The first-order chi connectivity index (χ1) is 7.16. The maximum atomic E-state index is 10.1. The largest absolute Gasteiger partial charge is 0.381 e. The van der Waals surface area contributed by atoms with Crippen LogP contribution in [-0.4, -0.2) is 10.1 Å². The summed E-state index contributed by atoms with van der Waals surface area (Å²) in [5, 5.41) is 10.1. The Morgan fingerprint density at radius 2 is 2.00 bits per heavy atom. The lowest BCUT2D eigenvalue weighted by atomic mass is 10.2. The first kappa shape index (κ1) is 10.3. The summed E-state index contributed by atoms with van der Waals surface area (Å²) in [6.07, 6.45) is -0.594. The summed E-state index contributed by atoms with van der Waals surface area (Å²) in [5.74, 6) is 0. The molecule has 0 saturated carbocycles. The Balaban J connectivity index is 2.32. The Hall–Kier alpha value is -1.19. The molecular formula is C12H13NOS. The molecule has 78 valence electrons. The van der Waals surface area contributed by atoms with E-state index in [-0.39, 0.29) is 0 Å². The quantitative estimate of drug-likeness (QED) is 0.842. The fourth-order valence-electron chi connectivity index (χ4n) is 1.46. The molecule has 2 nitrogen and oxygen atoms in total. The van der Waals surface area contributed by atoms with Gasteiger partial charge in [0.05, 0.1) is 5.69 Å².